The van der Waals surface area contributed by atoms with E-state index in [9.17, 15) is 24.6 Å². The first kappa shape index (κ1) is 28.8. The predicted octanol–water partition coefficient (Wildman–Crippen LogP) is -0.617. The number of nitrogens with zero attached hydrogens (tertiary/aromatic N) is 7. The number of aromatic nitrogens is 3. The smallest absolute Gasteiger partial charge is 0.509 e. The Bertz CT molecular complexity index is 1390. The first-order valence-electron chi connectivity index (χ1n) is 11.0. The molecular formula is C23H26ClN7O6. The SMILES string of the molecule is CC(C)C(N=NCC(C(=O)O)[n+]1cn(C(=O)O)c2ccccc21)=NN=c1ccn(CCC(=O)O)cc1.[Cl-]. The van der Waals surface area contributed by atoms with Gasteiger partial charge < -0.3 is 32.3 Å². The largest absolute Gasteiger partial charge is 1.00 e. The van der Waals surface area contributed by atoms with Gasteiger partial charge in [0.2, 0.25) is 6.04 Å². The van der Waals surface area contributed by atoms with Gasteiger partial charge in [-0.3, -0.25) is 4.79 Å². The molecule has 37 heavy (non-hydrogen) atoms. The standard InChI is InChI=1S/C23H25N7O6.ClH/c1-15(2)21(27-25-16-7-10-28(11-8-16)12-9-20(31)32)26-24-13-19(22(33)34)29-14-30(23(35)36)18-6-4-3-5-17(18)29;/h3-8,10-11,14-15,19H,9,12-13H2,1-2H3,(H2-,31,32,33,34,35,36);1H. The van der Waals surface area contributed by atoms with Crippen LogP contribution in [0, 0.1) is 5.92 Å². The lowest BCUT2D eigenvalue weighted by Gasteiger charge is -2.07. The van der Waals surface area contributed by atoms with Gasteiger partial charge in [0.1, 0.15) is 6.54 Å². The summed E-state index contributed by atoms with van der Waals surface area (Å²) in [6.45, 7) is 3.75. The number of hydrogen-bond donors (Lipinski definition) is 3. The molecule has 2 aromatic heterocycles. The molecule has 0 saturated carbocycles. The van der Waals surface area contributed by atoms with Crippen LogP contribution >= 0.6 is 0 Å². The Morgan fingerprint density at radius 2 is 1.70 bits per heavy atom. The Kier molecular flexibility index (Phi) is 10.2. The fourth-order valence-corrected chi connectivity index (χ4v) is 3.26. The summed E-state index contributed by atoms with van der Waals surface area (Å²) in [5, 5.41) is 44.9. The average molecular weight is 532 g/mol. The summed E-state index contributed by atoms with van der Waals surface area (Å²) in [7, 11) is 0. The second kappa shape index (κ2) is 13.1. The predicted molar refractivity (Wildman–Crippen MR) is 126 cm³/mol. The lowest BCUT2D eigenvalue weighted by atomic mass is 10.2. The maximum Gasteiger partial charge on any atom is 0.509 e. The molecule has 14 heteroatoms. The Morgan fingerprint density at radius 1 is 1.03 bits per heavy atom. The maximum atomic E-state index is 12.0. The molecule has 0 fully saturated rings. The van der Waals surface area contributed by atoms with Gasteiger partial charge in [0.05, 0.1) is 11.8 Å². The lowest BCUT2D eigenvalue weighted by molar-refractivity contribution is -0.683. The molecule has 0 amide bonds. The van der Waals surface area contributed by atoms with Gasteiger partial charge >= 0.3 is 18.0 Å². The number of carboxylic acid groups (broad SMARTS) is 3. The van der Waals surface area contributed by atoms with Crippen LogP contribution in [0.25, 0.3) is 11.0 Å². The third-order valence-corrected chi connectivity index (χ3v) is 5.16. The van der Waals surface area contributed by atoms with Crippen LogP contribution in [0.3, 0.4) is 0 Å². The number of imidazole rings is 1. The molecular weight excluding hydrogens is 506 g/mol. The van der Waals surface area contributed by atoms with Crippen LogP contribution < -0.4 is 22.3 Å². The molecule has 196 valence electrons. The molecule has 1 aromatic carbocycles. The molecule has 0 radical (unpaired) electrons. The van der Waals surface area contributed by atoms with Crippen LogP contribution in [-0.2, 0) is 16.1 Å². The summed E-state index contributed by atoms with van der Waals surface area (Å²) in [6.07, 6.45) is 3.36. The molecule has 1 unspecified atom stereocenters. The minimum Gasteiger partial charge on any atom is -1.00 e. The molecule has 0 bridgehead atoms. The van der Waals surface area contributed by atoms with Gasteiger partial charge in [-0.2, -0.15) is 9.91 Å². The van der Waals surface area contributed by atoms with Crippen LogP contribution in [0.15, 0.2) is 75.6 Å². The highest BCUT2D eigenvalue weighted by atomic mass is 35.5. The maximum absolute atomic E-state index is 12.0. The zero-order valence-corrected chi connectivity index (χ0v) is 20.8. The van der Waals surface area contributed by atoms with Crippen LogP contribution in [0.1, 0.15) is 26.3 Å². The Hall–Kier alpha value is -4.39. The number of hydrogen-bond acceptors (Lipinski definition) is 6. The molecule has 2 heterocycles. The molecule has 0 aliphatic rings. The van der Waals surface area contributed by atoms with E-state index in [4.69, 9.17) is 5.11 Å². The third kappa shape index (κ3) is 7.54. The van der Waals surface area contributed by atoms with Gasteiger partial charge in [0.25, 0.3) is 6.33 Å². The number of azo groups is 1. The van der Waals surface area contributed by atoms with Gasteiger partial charge in [0.15, 0.2) is 16.9 Å². The number of benzene rings is 1. The van der Waals surface area contributed by atoms with Crippen molar-refractivity contribution in [3.8, 4) is 0 Å². The molecule has 0 spiro atoms. The van der Waals surface area contributed by atoms with Crippen LogP contribution in [0.5, 0.6) is 0 Å². The van der Waals surface area contributed by atoms with Gasteiger partial charge in [-0.25, -0.2) is 9.36 Å². The summed E-state index contributed by atoms with van der Waals surface area (Å²) in [6, 6.07) is 8.73. The van der Waals surface area contributed by atoms with Crippen molar-refractivity contribution in [1.82, 2.24) is 9.13 Å². The summed E-state index contributed by atoms with van der Waals surface area (Å²) < 4.78 is 4.00. The number of aryl methyl sites for hydroxylation is 1. The summed E-state index contributed by atoms with van der Waals surface area (Å²) in [5.74, 6) is -1.96. The van der Waals surface area contributed by atoms with Crippen molar-refractivity contribution in [2.45, 2.75) is 32.9 Å². The number of fused-ring (bicyclic) bond motifs is 1. The van der Waals surface area contributed by atoms with E-state index in [1.807, 2.05) is 13.8 Å². The van der Waals surface area contributed by atoms with Crippen molar-refractivity contribution in [3.63, 3.8) is 0 Å². The molecule has 1 atom stereocenters. The zero-order valence-electron chi connectivity index (χ0n) is 20.0. The normalized spacial score (nSPS) is 12.5. The topological polar surface area (TPSA) is 175 Å². The molecule has 3 N–H and O–H groups in total. The number of amidine groups is 1. The Labute approximate surface area is 217 Å². The second-order valence-corrected chi connectivity index (χ2v) is 8.09. The summed E-state index contributed by atoms with van der Waals surface area (Å²) in [5.41, 5.74) is 0.781. The molecule has 3 aromatic rings. The van der Waals surface area contributed by atoms with E-state index in [0.717, 1.165) is 4.57 Å². The highest BCUT2D eigenvalue weighted by molar-refractivity contribution is 5.84. The highest BCUT2D eigenvalue weighted by Crippen LogP contribution is 2.14. The average Bonchev–Trinajstić information content (AvgIpc) is 3.22. The third-order valence-electron chi connectivity index (χ3n) is 5.16. The first-order chi connectivity index (χ1) is 17.2. The van der Waals surface area contributed by atoms with E-state index in [2.05, 4.69) is 20.4 Å². The molecule has 13 nitrogen and oxygen atoms in total. The number of para-hydroxylation sites is 2. The molecule has 0 aliphatic heterocycles. The van der Waals surface area contributed by atoms with Crippen molar-refractivity contribution in [3.05, 3.63) is 60.5 Å². The number of carbonyl (C=O) groups is 3. The summed E-state index contributed by atoms with van der Waals surface area (Å²) >= 11 is 0. The fraction of sp³-hybridized carbons (Fsp3) is 0.304. The monoisotopic (exact) mass is 531 g/mol. The Balaban J connectivity index is 0.00000481. The van der Waals surface area contributed by atoms with Crippen LogP contribution in [-0.4, -0.2) is 54.9 Å². The minimum atomic E-state index is -1.24. The van der Waals surface area contributed by atoms with Gasteiger partial charge in [-0.05, 0) is 24.3 Å². The minimum absolute atomic E-state index is 0. The van der Waals surface area contributed by atoms with E-state index in [0.29, 0.717) is 22.9 Å². The van der Waals surface area contributed by atoms with E-state index >= 15 is 0 Å². The van der Waals surface area contributed by atoms with E-state index in [-0.39, 0.29) is 37.1 Å². The van der Waals surface area contributed by atoms with E-state index < -0.39 is 24.1 Å². The van der Waals surface area contributed by atoms with Crippen LogP contribution in [0.2, 0.25) is 0 Å². The molecule has 0 aliphatic carbocycles. The lowest BCUT2D eigenvalue weighted by Crippen LogP contribution is -3.00. The van der Waals surface area contributed by atoms with Crippen molar-refractivity contribution < 1.29 is 46.7 Å². The summed E-state index contributed by atoms with van der Waals surface area (Å²) in [4.78, 5) is 34.3. The quantitative estimate of drug-likeness (QED) is 0.109. The van der Waals surface area contributed by atoms with Gasteiger partial charge in [-0.1, -0.05) is 26.0 Å². The molecule has 0 saturated heterocycles. The van der Waals surface area contributed by atoms with Crippen molar-refractivity contribution in [2.24, 2.45) is 26.3 Å². The van der Waals surface area contributed by atoms with E-state index in [1.54, 1.807) is 53.4 Å². The van der Waals surface area contributed by atoms with Gasteiger partial charge in [0, 0.05) is 24.9 Å². The number of carboxylic acids is 2. The second-order valence-electron chi connectivity index (χ2n) is 8.09. The van der Waals surface area contributed by atoms with Crippen LogP contribution in [0.4, 0.5) is 4.79 Å². The molecule has 3 rings (SSSR count). The highest BCUT2D eigenvalue weighted by Gasteiger charge is 2.30. The van der Waals surface area contributed by atoms with Crippen molar-refractivity contribution in [2.75, 3.05) is 6.54 Å². The van der Waals surface area contributed by atoms with E-state index in [1.165, 1.54) is 10.9 Å². The number of rotatable bonds is 9. The number of pyridine rings is 1. The zero-order chi connectivity index (χ0) is 26.2. The number of aliphatic carboxylic acids is 2. The van der Waals surface area contributed by atoms with Gasteiger partial charge in [-0.15, -0.1) is 19.9 Å². The number of halogens is 1. The van der Waals surface area contributed by atoms with Crippen molar-refractivity contribution in [1.29, 1.82) is 0 Å². The Morgan fingerprint density at radius 3 is 2.30 bits per heavy atom. The first-order valence-corrected chi connectivity index (χ1v) is 11.0. The van der Waals surface area contributed by atoms with Crippen molar-refractivity contribution >= 4 is 34.9 Å². The fourth-order valence-electron chi connectivity index (χ4n) is 3.26.